The number of nitrogens with zero attached hydrogens (tertiary/aromatic N) is 1. The Morgan fingerprint density at radius 3 is 2.09 bits per heavy atom. The van der Waals surface area contributed by atoms with Gasteiger partial charge >= 0.3 is 0 Å². The number of nitrogens with one attached hydrogen (secondary N) is 1. The molecule has 2 aromatic carbocycles. The highest BCUT2D eigenvalue weighted by Gasteiger charge is 2.50. The van der Waals surface area contributed by atoms with Gasteiger partial charge in [0.1, 0.15) is 11.4 Å². The number of benzene rings is 2. The number of hydrogen-bond donors (Lipinski definition) is 1. The van der Waals surface area contributed by atoms with E-state index in [1.807, 2.05) is 74.5 Å². The molecule has 8 heteroatoms. The summed E-state index contributed by atoms with van der Waals surface area (Å²) in [4.78, 5) is 56.3. The van der Waals surface area contributed by atoms with Crippen molar-refractivity contribution >= 4 is 23.3 Å². The number of carbonyl (C=O) groups is 4. The summed E-state index contributed by atoms with van der Waals surface area (Å²) in [7, 11) is 0. The number of aryl methyl sites for hydroxylation is 1. The predicted octanol–water partition coefficient (Wildman–Crippen LogP) is 4.23. The fraction of sp³-hybridized carbons (Fsp3) is 0.556. The summed E-state index contributed by atoms with van der Waals surface area (Å²) in [5, 5.41) is 3.04. The molecule has 4 rings (SSSR count). The average molecular weight is 605 g/mol. The van der Waals surface area contributed by atoms with E-state index in [2.05, 4.69) is 10.2 Å². The molecule has 1 amide bonds. The second-order valence-electron chi connectivity index (χ2n) is 13.0. The van der Waals surface area contributed by atoms with E-state index in [0.29, 0.717) is 58.6 Å². The van der Waals surface area contributed by atoms with Gasteiger partial charge in [-0.2, -0.15) is 0 Å². The SMILES string of the molecule is CC(C)C[C@H](NC(=O)[C@H](CCc1ccccc1)CC(=O)CN1CCOCC1)C(=O)C[C@@H](Cc1ccccc1)C(=O)[C@@]1(C)CO1. The molecular formula is C36H48N2O6. The minimum Gasteiger partial charge on any atom is -0.379 e. The van der Waals surface area contributed by atoms with Crippen LogP contribution in [0.4, 0.5) is 0 Å². The van der Waals surface area contributed by atoms with E-state index in [0.717, 1.165) is 11.1 Å². The maximum atomic E-state index is 13.9. The first-order chi connectivity index (χ1) is 21.1. The topological polar surface area (TPSA) is 105 Å². The molecule has 0 saturated carbocycles. The summed E-state index contributed by atoms with van der Waals surface area (Å²) in [6, 6.07) is 18.9. The van der Waals surface area contributed by atoms with Crippen LogP contribution in [0.3, 0.4) is 0 Å². The van der Waals surface area contributed by atoms with E-state index in [9.17, 15) is 19.2 Å². The number of epoxide rings is 1. The van der Waals surface area contributed by atoms with Crippen LogP contribution in [-0.4, -0.2) is 79.3 Å². The Balaban J connectivity index is 1.46. The minimum absolute atomic E-state index is 0.0121. The van der Waals surface area contributed by atoms with Crippen LogP contribution in [0.15, 0.2) is 60.7 Å². The summed E-state index contributed by atoms with van der Waals surface area (Å²) < 4.78 is 10.9. The van der Waals surface area contributed by atoms with Crippen LogP contribution in [0.5, 0.6) is 0 Å². The molecule has 2 aliphatic heterocycles. The molecule has 2 aliphatic rings. The standard InChI is InChI=1S/C36H48N2O6/c1-26(2)20-32(33(40)23-30(34(41)36(3)25-44-36)21-28-12-8-5-9-13-28)37-35(42)29(15-14-27-10-6-4-7-11-27)22-31(39)24-38-16-18-43-19-17-38/h4-13,26,29-30,32H,14-25H2,1-3H3,(H,37,42)/t29-,30-,32+,36-/m1/s1. The van der Waals surface area contributed by atoms with E-state index in [1.165, 1.54) is 0 Å². The Kier molecular flexibility index (Phi) is 12.4. The van der Waals surface area contributed by atoms with Crippen LogP contribution in [0, 0.1) is 17.8 Å². The van der Waals surface area contributed by atoms with E-state index in [-0.39, 0.29) is 48.6 Å². The maximum Gasteiger partial charge on any atom is 0.224 e. The van der Waals surface area contributed by atoms with Gasteiger partial charge in [-0.1, -0.05) is 74.5 Å². The molecule has 238 valence electrons. The molecule has 0 aliphatic carbocycles. The lowest BCUT2D eigenvalue weighted by Gasteiger charge is -2.27. The third kappa shape index (κ3) is 10.5. The van der Waals surface area contributed by atoms with E-state index in [4.69, 9.17) is 9.47 Å². The number of ketones is 3. The normalized spacial score (nSPS) is 20.5. The summed E-state index contributed by atoms with van der Waals surface area (Å²) >= 11 is 0. The first-order valence-corrected chi connectivity index (χ1v) is 16.0. The highest BCUT2D eigenvalue weighted by molar-refractivity contribution is 5.97. The number of morpholine rings is 1. The fourth-order valence-corrected chi connectivity index (χ4v) is 5.91. The lowest BCUT2D eigenvalue weighted by Crippen LogP contribution is -2.46. The molecule has 0 aromatic heterocycles. The van der Waals surface area contributed by atoms with Crippen molar-refractivity contribution in [1.29, 1.82) is 0 Å². The molecule has 1 N–H and O–H groups in total. The molecule has 2 fully saturated rings. The zero-order valence-corrected chi connectivity index (χ0v) is 26.5. The number of carbonyl (C=O) groups excluding carboxylic acids is 4. The van der Waals surface area contributed by atoms with E-state index in [1.54, 1.807) is 6.92 Å². The number of rotatable bonds is 18. The quantitative estimate of drug-likeness (QED) is 0.254. The molecule has 0 bridgehead atoms. The molecule has 0 radical (unpaired) electrons. The molecule has 0 spiro atoms. The second kappa shape index (κ2) is 16.2. The summed E-state index contributed by atoms with van der Waals surface area (Å²) in [6.07, 6.45) is 2.18. The average Bonchev–Trinajstić information content (AvgIpc) is 3.77. The highest BCUT2D eigenvalue weighted by atomic mass is 16.6. The van der Waals surface area contributed by atoms with Gasteiger partial charge in [-0.3, -0.25) is 24.1 Å². The van der Waals surface area contributed by atoms with E-state index < -0.39 is 23.5 Å². The van der Waals surface area contributed by atoms with Gasteiger partial charge in [0.25, 0.3) is 0 Å². The molecule has 2 aromatic rings. The van der Waals surface area contributed by atoms with Gasteiger partial charge in [0.05, 0.1) is 32.4 Å². The van der Waals surface area contributed by atoms with Gasteiger partial charge in [0.15, 0.2) is 11.6 Å². The first-order valence-electron chi connectivity index (χ1n) is 16.0. The second-order valence-corrected chi connectivity index (χ2v) is 13.0. The van der Waals surface area contributed by atoms with Gasteiger partial charge in [-0.05, 0) is 49.7 Å². The zero-order valence-electron chi connectivity index (χ0n) is 26.5. The van der Waals surface area contributed by atoms with Crippen molar-refractivity contribution in [2.45, 2.75) is 70.9 Å². The highest BCUT2D eigenvalue weighted by Crippen LogP contribution is 2.33. The third-order valence-electron chi connectivity index (χ3n) is 8.63. The van der Waals surface area contributed by atoms with Crippen molar-refractivity contribution in [3.05, 3.63) is 71.8 Å². The monoisotopic (exact) mass is 604 g/mol. The van der Waals surface area contributed by atoms with Crippen molar-refractivity contribution in [3.63, 3.8) is 0 Å². The molecule has 4 atom stereocenters. The van der Waals surface area contributed by atoms with Gasteiger partial charge in [-0.25, -0.2) is 0 Å². The fourth-order valence-electron chi connectivity index (χ4n) is 5.91. The van der Waals surface area contributed by atoms with Crippen LogP contribution in [0.1, 0.15) is 57.6 Å². The lowest BCUT2D eigenvalue weighted by atomic mass is 9.83. The number of hydrogen-bond acceptors (Lipinski definition) is 7. The largest absolute Gasteiger partial charge is 0.379 e. The zero-order chi connectivity index (χ0) is 31.5. The summed E-state index contributed by atoms with van der Waals surface area (Å²) in [6.45, 7) is 9.04. The van der Waals surface area contributed by atoms with Gasteiger partial charge in [-0.15, -0.1) is 0 Å². The summed E-state index contributed by atoms with van der Waals surface area (Å²) in [5.74, 6) is -1.47. The van der Waals surface area contributed by atoms with Gasteiger partial charge < -0.3 is 14.8 Å². The number of ether oxygens (including phenoxy) is 2. The molecule has 2 heterocycles. The van der Waals surface area contributed by atoms with Crippen molar-refractivity contribution in [3.8, 4) is 0 Å². The number of amides is 1. The molecule has 2 saturated heterocycles. The Hall–Kier alpha value is -3.20. The van der Waals surface area contributed by atoms with Crippen LogP contribution in [0.25, 0.3) is 0 Å². The first kappa shape index (κ1) is 33.7. The molecule has 0 unspecified atom stereocenters. The van der Waals surface area contributed by atoms with Crippen LogP contribution in [0.2, 0.25) is 0 Å². The van der Waals surface area contributed by atoms with Crippen molar-refractivity contribution in [1.82, 2.24) is 10.2 Å². The Morgan fingerprint density at radius 1 is 0.886 bits per heavy atom. The van der Waals surface area contributed by atoms with Crippen LogP contribution < -0.4 is 5.32 Å². The van der Waals surface area contributed by atoms with Crippen LogP contribution >= 0.6 is 0 Å². The number of Topliss-reactive ketones (excluding diaryl/α,β-unsaturated/α-hetero) is 3. The van der Waals surface area contributed by atoms with Crippen molar-refractivity contribution < 1.29 is 28.7 Å². The molecule has 44 heavy (non-hydrogen) atoms. The smallest absolute Gasteiger partial charge is 0.224 e. The maximum absolute atomic E-state index is 13.9. The Bertz CT molecular complexity index is 1240. The third-order valence-corrected chi connectivity index (χ3v) is 8.63. The van der Waals surface area contributed by atoms with Gasteiger partial charge in [0, 0.05) is 37.8 Å². The Labute approximate surface area is 261 Å². The Morgan fingerprint density at radius 2 is 1.50 bits per heavy atom. The van der Waals surface area contributed by atoms with Crippen molar-refractivity contribution in [2.75, 3.05) is 39.5 Å². The van der Waals surface area contributed by atoms with E-state index >= 15 is 0 Å². The predicted molar refractivity (Wildman–Crippen MR) is 169 cm³/mol. The van der Waals surface area contributed by atoms with Crippen LogP contribution in [-0.2, 0) is 41.5 Å². The summed E-state index contributed by atoms with van der Waals surface area (Å²) in [5.41, 5.74) is 1.23. The van der Waals surface area contributed by atoms with Gasteiger partial charge in [0.2, 0.25) is 5.91 Å². The lowest BCUT2D eigenvalue weighted by molar-refractivity contribution is -0.135. The molecular weight excluding hydrogens is 556 g/mol. The molecule has 8 nitrogen and oxygen atoms in total. The minimum atomic E-state index is -0.847. The van der Waals surface area contributed by atoms with Crippen molar-refractivity contribution in [2.24, 2.45) is 17.8 Å².